The molecule has 1 aromatic heterocycles. The quantitative estimate of drug-likeness (QED) is 0.736. The number of hydrogen-bond donors (Lipinski definition) is 1. The lowest BCUT2D eigenvalue weighted by atomic mass is 10.1. The van der Waals surface area contributed by atoms with Gasteiger partial charge < -0.3 is 0 Å². The Labute approximate surface area is 131 Å². The smallest absolute Gasteiger partial charge is 0.258 e. The molecule has 0 spiro atoms. The fraction of sp³-hybridized carbons (Fsp3) is 0.125. The Morgan fingerprint density at radius 3 is 2.67 bits per heavy atom. The van der Waals surface area contributed by atoms with Crippen molar-refractivity contribution in [3.8, 4) is 0 Å². The van der Waals surface area contributed by atoms with Crippen LogP contribution >= 0.6 is 22.9 Å². The van der Waals surface area contributed by atoms with E-state index in [2.05, 4.69) is 30.2 Å². The van der Waals surface area contributed by atoms with Crippen LogP contribution in [0.25, 0.3) is 10.2 Å². The molecule has 0 radical (unpaired) electrons. The standard InChI is InChI=1S/C16H13ClN2OS/c1-9-7-13-14(8-10(9)2)21-16(18-13)19-15(20)11-5-3-4-6-12(11)17/h3-8H,1-2H3,(H,18,19,20). The van der Waals surface area contributed by atoms with E-state index in [0.29, 0.717) is 15.7 Å². The number of carbonyl (C=O) groups is 1. The SMILES string of the molecule is Cc1cc2nc(NC(=O)c3ccccc3Cl)sc2cc1C. The Bertz CT molecular complexity index is 802. The molecule has 0 saturated heterocycles. The average molecular weight is 317 g/mol. The number of nitrogens with zero attached hydrogens (tertiary/aromatic N) is 1. The van der Waals surface area contributed by atoms with Crippen molar-refractivity contribution >= 4 is 44.2 Å². The van der Waals surface area contributed by atoms with E-state index < -0.39 is 0 Å². The van der Waals surface area contributed by atoms with Crippen molar-refractivity contribution in [1.82, 2.24) is 4.98 Å². The Kier molecular flexibility index (Phi) is 3.66. The average Bonchev–Trinajstić information content (AvgIpc) is 2.81. The number of amides is 1. The maximum atomic E-state index is 12.2. The molecule has 0 unspecified atom stereocenters. The first-order chi connectivity index (χ1) is 10.0. The second kappa shape index (κ2) is 5.47. The summed E-state index contributed by atoms with van der Waals surface area (Å²) in [6.45, 7) is 4.12. The van der Waals surface area contributed by atoms with Crippen molar-refractivity contribution in [3.63, 3.8) is 0 Å². The van der Waals surface area contributed by atoms with Crippen molar-refractivity contribution in [2.45, 2.75) is 13.8 Å². The highest BCUT2D eigenvalue weighted by Gasteiger charge is 2.12. The topological polar surface area (TPSA) is 42.0 Å². The first-order valence-corrected chi connectivity index (χ1v) is 7.68. The fourth-order valence-electron chi connectivity index (χ4n) is 2.04. The normalized spacial score (nSPS) is 10.8. The number of nitrogens with one attached hydrogen (secondary N) is 1. The molecule has 0 aliphatic carbocycles. The molecule has 21 heavy (non-hydrogen) atoms. The highest BCUT2D eigenvalue weighted by molar-refractivity contribution is 7.22. The molecule has 5 heteroatoms. The summed E-state index contributed by atoms with van der Waals surface area (Å²) in [5.74, 6) is -0.242. The first kappa shape index (κ1) is 14.0. The monoisotopic (exact) mass is 316 g/mol. The van der Waals surface area contributed by atoms with Gasteiger partial charge in [0.2, 0.25) is 0 Å². The Morgan fingerprint density at radius 2 is 1.90 bits per heavy atom. The van der Waals surface area contributed by atoms with Gasteiger partial charge in [-0.15, -0.1) is 0 Å². The van der Waals surface area contributed by atoms with Gasteiger partial charge in [-0.3, -0.25) is 10.1 Å². The van der Waals surface area contributed by atoms with E-state index >= 15 is 0 Å². The zero-order chi connectivity index (χ0) is 15.0. The van der Waals surface area contributed by atoms with Crippen molar-refractivity contribution < 1.29 is 4.79 Å². The summed E-state index contributed by atoms with van der Waals surface area (Å²) in [5, 5.41) is 3.83. The zero-order valence-electron chi connectivity index (χ0n) is 11.6. The summed E-state index contributed by atoms with van der Waals surface area (Å²) in [7, 11) is 0. The van der Waals surface area contributed by atoms with E-state index in [9.17, 15) is 4.79 Å². The minimum Gasteiger partial charge on any atom is -0.298 e. The molecule has 0 fully saturated rings. The molecule has 0 aliphatic rings. The van der Waals surface area contributed by atoms with Crippen molar-refractivity contribution in [3.05, 3.63) is 58.1 Å². The Hall–Kier alpha value is -1.91. The molecular weight excluding hydrogens is 304 g/mol. The number of fused-ring (bicyclic) bond motifs is 1. The molecule has 1 amide bonds. The van der Waals surface area contributed by atoms with E-state index in [0.717, 1.165) is 10.2 Å². The minimum absolute atomic E-state index is 0.242. The molecule has 3 rings (SSSR count). The number of aromatic nitrogens is 1. The maximum Gasteiger partial charge on any atom is 0.258 e. The largest absolute Gasteiger partial charge is 0.298 e. The van der Waals surface area contributed by atoms with Gasteiger partial charge in [0.05, 0.1) is 20.8 Å². The summed E-state index contributed by atoms with van der Waals surface area (Å²) in [6, 6.07) is 11.1. The van der Waals surface area contributed by atoms with Gasteiger partial charge in [-0.25, -0.2) is 4.98 Å². The fourth-order valence-corrected chi connectivity index (χ4v) is 3.21. The summed E-state index contributed by atoms with van der Waals surface area (Å²) in [4.78, 5) is 16.7. The van der Waals surface area contributed by atoms with E-state index in [1.165, 1.54) is 22.5 Å². The van der Waals surface area contributed by atoms with Gasteiger partial charge in [-0.1, -0.05) is 35.1 Å². The molecule has 1 N–H and O–H groups in total. The zero-order valence-corrected chi connectivity index (χ0v) is 13.2. The predicted octanol–water partition coefficient (Wildman–Crippen LogP) is 4.82. The molecule has 106 valence electrons. The third kappa shape index (κ3) is 2.77. The Morgan fingerprint density at radius 1 is 1.19 bits per heavy atom. The number of rotatable bonds is 2. The summed E-state index contributed by atoms with van der Waals surface area (Å²) < 4.78 is 1.06. The molecule has 0 atom stereocenters. The van der Waals surface area contributed by atoms with Crippen LogP contribution < -0.4 is 5.32 Å². The lowest BCUT2D eigenvalue weighted by Gasteiger charge is -2.02. The van der Waals surface area contributed by atoms with Crippen LogP contribution in [0.15, 0.2) is 36.4 Å². The lowest BCUT2D eigenvalue weighted by Crippen LogP contribution is -2.11. The first-order valence-electron chi connectivity index (χ1n) is 6.48. The predicted molar refractivity (Wildman–Crippen MR) is 88.5 cm³/mol. The summed E-state index contributed by atoms with van der Waals surface area (Å²) in [6.07, 6.45) is 0. The molecule has 0 aliphatic heterocycles. The number of aryl methyl sites for hydroxylation is 2. The van der Waals surface area contributed by atoms with Crippen LogP contribution in [0.5, 0.6) is 0 Å². The Balaban J connectivity index is 1.92. The number of anilines is 1. The van der Waals surface area contributed by atoms with E-state index in [-0.39, 0.29) is 5.91 Å². The summed E-state index contributed by atoms with van der Waals surface area (Å²) in [5.41, 5.74) is 3.76. The van der Waals surface area contributed by atoms with Crippen LogP contribution in [-0.4, -0.2) is 10.9 Å². The van der Waals surface area contributed by atoms with E-state index in [4.69, 9.17) is 11.6 Å². The lowest BCUT2D eigenvalue weighted by molar-refractivity contribution is 0.102. The van der Waals surface area contributed by atoms with Gasteiger partial charge in [0.15, 0.2) is 5.13 Å². The highest BCUT2D eigenvalue weighted by Crippen LogP contribution is 2.29. The van der Waals surface area contributed by atoms with Crippen LogP contribution in [0.1, 0.15) is 21.5 Å². The van der Waals surface area contributed by atoms with Crippen molar-refractivity contribution in [2.24, 2.45) is 0 Å². The molecule has 3 aromatic rings. The van der Waals surface area contributed by atoms with Crippen LogP contribution in [0.3, 0.4) is 0 Å². The molecule has 0 bridgehead atoms. The second-order valence-electron chi connectivity index (χ2n) is 4.86. The van der Waals surface area contributed by atoms with Crippen molar-refractivity contribution in [2.75, 3.05) is 5.32 Å². The van der Waals surface area contributed by atoms with Gasteiger partial charge >= 0.3 is 0 Å². The van der Waals surface area contributed by atoms with Gasteiger partial charge in [0.1, 0.15) is 0 Å². The van der Waals surface area contributed by atoms with E-state index in [1.807, 2.05) is 6.07 Å². The third-order valence-electron chi connectivity index (χ3n) is 3.34. The molecule has 1 heterocycles. The molecule has 3 nitrogen and oxygen atoms in total. The highest BCUT2D eigenvalue weighted by atomic mass is 35.5. The van der Waals surface area contributed by atoms with Crippen molar-refractivity contribution in [1.29, 1.82) is 0 Å². The minimum atomic E-state index is -0.242. The number of halogens is 1. The van der Waals surface area contributed by atoms with Gasteiger partial charge in [0, 0.05) is 0 Å². The maximum absolute atomic E-state index is 12.2. The van der Waals surface area contributed by atoms with Gasteiger partial charge in [0.25, 0.3) is 5.91 Å². The summed E-state index contributed by atoms with van der Waals surface area (Å²) >= 11 is 7.49. The molecule has 2 aromatic carbocycles. The second-order valence-corrected chi connectivity index (χ2v) is 6.30. The molecule has 0 saturated carbocycles. The van der Waals surface area contributed by atoms with Crippen LogP contribution in [0.4, 0.5) is 5.13 Å². The van der Waals surface area contributed by atoms with E-state index in [1.54, 1.807) is 24.3 Å². The number of hydrogen-bond acceptors (Lipinski definition) is 3. The number of thiazole rings is 1. The van der Waals surface area contributed by atoms with Gasteiger partial charge in [-0.05, 0) is 49.2 Å². The van der Waals surface area contributed by atoms with Crippen LogP contribution in [-0.2, 0) is 0 Å². The molecular formula is C16H13ClN2OS. The van der Waals surface area contributed by atoms with Crippen LogP contribution in [0.2, 0.25) is 5.02 Å². The van der Waals surface area contributed by atoms with Gasteiger partial charge in [-0.2, -0.15) is 0 Å². The number of carbonyl (C=O) groups excluding carboxylic acids is 1. The number of benzene rings is 2. The third-order valence-corrected chi connectivity index (χ3v) is 4.61. The van der Waals surface area contributed by atoms with Crippen LogP contribution in [0, 0.1) is 13.8 Å².